The van der Waals surface area contributed by atoms with Crippen LogP contribution in [-0.2, 0) is 4.74 Å². The second-order valence-electron chi connectivity index (χ2n) is 4.76. The van der Waals surface area contributed by atoms with Crippen LogP contribution in [0.4, 0.5) is 0 Å². The van der Waals surface area contributed by atoms with Crippen LogP contribution >= 0.6 is 11.3 Å². The lowest BCUT2D eigenvalue weighted by atomic mass is 10.2. The van der Waals surface area contributed by atoms with Gasteiger partial charge in [0.2, 0.25) is 0 Å². The Labute approximate surface area is 124 Å². The molecule has 1 amide bonds. The molecule has 21 heavy (non-hydrogen) atoms. The number of nitrogens with zero attached hydrogens (tertiary/aromatic N) is 3. The standard InChI is InChI=1S/C13H14N4O3S/c1-8-4-11(18)16-12(15-8)10-5-17(2-3-20-10)13(19)9-6-21-7-14-9/h4,6-7,10H,2-3,5H2,1H3,(H,15,16,18)/t10-/m1/s1. The van der Waals surface area contributed by atoms with E-state index in [0.29, 0.717) is 36.9 Å². The van der Waals surface area contributed by atoms with Crippen molar-refractivity contribution in [2.75, 3.05) is 19.7 Å². The van der Waals surface area contributed by atoms with Crippen LogP contribution in [0.2, 0.25) is 0 Å². The topological polar surface area (TPSA) is 88.2 Å². The van der Waals surface area contributed by atoms with Crippen LogP contribution in [0.5, 0.6) is 0 Å². The number of morpholine rings is 1. The molecule has 0 radical (unpaired) electrons. The molecule has 3 rings (SSSR count). The number of ether oxygens (including phenoxy) is 1. The Bertz CT molecular complexity index is 698. The number of carbonyl (C=O) groups excluding carboxylic acids is 1. The van der Waals surface area contributed by atoms with Crippen LogP contribution in [0.25, 0.3) is 0 Å². The molecule has 110 valence electrons. The fraction of sp³-hybridized carbons (Fsp3) is 0.385. The van der Waals surface area contributed by atoms with E-state index >= 15 is 0 Å². The van der Waals surface area contributed by atoms with Crippen molar-refractivity contribution in [2.24, 2.45) is 0 Å². The molecular weight excluding hydrogens is 292 g/mol. The average molecular weight is 306 g/mol. The van der Waals surface area contributed by atoms with Crippen LogP contribution in [-0.4, -0.2) is 45.5 Å². The molecule has 3 heterocycles. The molecule has 0 spiro atoms. The minimum atomic E-state index is -0.422. The van der Waals surface area contributed by atoms with E-state index in [1.165, 1.54) is 17.4 Å². The lowest BCUT2D eigenvalue weighted by molar-refractivity contribution is -0.0271. The molecule has 1 fully saturated rings. The second-order valence-corrected chi connectivity index (χ2v) is 5.47. The predicted octanol–water partition coefficient (Wildman–Crippen LogP) is 0.749. The maximum absolute atomic E-state index is 12.3. The van der Waals surface area contributed by atoms with Gasteiger partial charge in [-0.2, -0.15) is 0 Å². The van der Waals surface area contributed by atoms with Gasteiger partial charge in [-0.1, -0.05) is 0 Å². The van der Waals surface area contributed by atoms with Gasteiger partial charge >= 0.3 is 0 Å². The third-order valence-electron chi connectivity index (χ3n) is 3.20. The molecule has 2 aromatic heterocycles. The highest BCUT2D eigenvalue weighted by atomic mass is 32.1. The third kappa shape index (κ3) is 3.01. The van der Waals surface area contributed by atoms with Gasteiger partial charge in [-0.25, -0.2) is 9.97 Å². The number of nitrogens with one attached hydrogen (secondary N) is 1. The molecular formula is C13H14N4O3S. The largest absolute Gasteiger partial charge is 0.367 e. The van der Waals surface area contributed by atoms with Crippen molar-refractivity contribution in [1.29, 1.82) is 0 Å². The Balaban J connectivity index is 1.79. The molecule has 7 nitrogen and oxygen atoms in total. The van der Waals surface area contributed by atoms with E-state index < -0.39 is 6.10 Å². The fourth-order valence-corrected chi connectivity index (χ4v) is 2.76. The number of carbonyl (C=O) groups is 1. The first-order valence-corrected chi connectivity index (χ1v) is 7.44. The first kappa shape index (κ1) is 13.9. The van der Waals surface area contributed by atoms with Gasteiger partial charge in [0.15, 0.2) is 0 Å². The second kappa shape index (κ2) is 5.74. The first-order chi connectivity index (χ1) is 10.1. The van der Waals surface area contributed by atoms with Crippen LogP contribution in [0, 0.1) is 6.92 Å². The maximum atomic E-state index is 12.3. The molecule has 0 unspecified atom stereocenters. The van der Waals surface area contributed by atoms with Gasteiger partial charge in [0.1, 0.15) is 17.6 Å². The molecule has 1 atom stereocenters. The van der Waals surface area contributed by atoms with Crippen LogP contribution in [0.15, 0.2) is 21.8 Å². The Hall–Kier alpha value is -2.06. The normalized spacial score (nSPS) is 18.7. The van der Waals surface area contributed by atoms with Crippen molar-refractivity contribution in [3.63, 3.8) is 0 Å². The maximum Gasteiger partial charge on any atom is 0.273 e. The fourth-order valence-electron chi connectivity index (χ4n) is 2.23. The molecule has 0 aliphatic carbocycles. The summed E-state index contributed by atoms with van der Waals surface area (Å²) < 4.78 is 5.63. The van der Waals surface area contributed by atoms with Crippen molar-refractivity contribution < 1.29 is 9.53 Å². The average Bonchev–Trinajstić information content (AvgIpc) is 3.00. The summed E-state index contributed by atoms with van der Waals surface area (Å²) in [5, 5.41) is 1.72. The molecule has 2 aromatic rings. The number of aromatic amines is 1. The summed E-state index contributed by atoms with van der Waals surface area (Å²) in [5.74, 6) is 0.329. The predicted molar refractivity (Wildman–Crippen MR) is 76.3 cm³/mol. The highest BCUT2D eigenvalue weighted by Gasteiger charge is 2.28. The number of aromatic nitrogens is 3. The monoisotopic (exact) mass is 306 g/mol. The molecule has 1 aliphatic heterocycles. The van der Waals surface area contributed by atoms with Crippen LogP contribution < -0.4 is 5.56 Å². The molecule has 8 heteroatoms. The summed E-state index contributed by atoms with van der Waals surface area (Å²) in [5.41, 5.74) is 2.47. The molecule has 0 bridgehead atoms. The number of rotatable bonds is 2. The van der Waals surface area contributed by atoms with Crippen molar-refractivity contribution in [1.82, 2.24) is 19.9 Å². The van der Waals surface area contributed by atoms with E-state index in [9.17, 15) is 9.59 Å². The van der Waals surface area contributed by atoms with Crippen molar-refractivity contribution >= 4 is 17.2 Å². The van der Waals surface area contributed by atoms with Gasteiger partial charge in [0.25, 0.3) is 11.5 Å². The van der Waals surface area contributed by atoms with Gasteiger partial charge < -0.3 is 14.6 Å². The van der Waals surface area contributed by atoms with Crippen molar-refractivity contribution in [2.45, 2.75) is 13.0 Å². The number of H-pyrrole nitrogens is 1. The summed E-state index contributed by atoms with van der Waals surface area (Å²) in [6, 6.07) is 1.42. The highest BCUT2D eigenvalue weighted by molar-refractivity contribution is 7.07. The van der Waals surface area contributed by atoms with Crippen molar-refractivity contribution in [3.8, 4) is 0 Å². The number of hydrogen-bond acceptors (Lipinski definition) is 6. The van der Waals surface area contributed by atoms with Crippen LogP contribution in [0.1, 0.15) is 28.1 Å². The number of hydrogen-bond donors (Lipinski definition) is 1. The number of aryl methyl sites for hydroxylation is 1. The van der Waals surface area contributed by atoms with E-state index in [-0.39, 0.29) is 11.5 Å². The van der Waals surface area contributed by atoms with Gasteiger partial charge in [0.05, 0.1) is 18.7 Å². The molecule has 0 saturated carbocycles. The van der Waals surface area contributed by atoms with Gasteiger partial charge in [-0.3, -0.25) is 9.59 Å². The van der Waals surface area contributed by atoms with Gasteiger partial charge in [-0.15, -0.1) is 11.3 Å². The summed E-state index contributed by atoms with van der Waals surface area (Å²) in [6.45, 7) is 3.00. The minimum absolute atomic E-state index is 0.125. The zero-order valence-corrected chi connectivity index (χ0v) is 12.2. The zero-order chi connectivity index (χ0) is 14.8. The van der Waals surface area contributed by atoms with Crippen molar-refractivity contribution in [3.05, 3.63) is 44.5 Å². The molecule has 1 saturated heterocycles. The molecule has 1 N–H and O–H groups in total. The Morgan fingerprint density at radius 1 is 1.57 bits per heavy atom. The van der Waals surface area contributed by atoms with Gasteiger partial charge in [0, 0.05) is 23.7 Å². The Kier molecular flexibility index (Phi) is 3.80. The summed E-state index contributed by atoms with van der Waals surface area (Å²) in [4.78, 5) is 36.5. The van der Waals surface area contributed by atoms with E-state index in [1.54, 1.807) is 22.7 Å². The molecule has 1 aliphatic rings. The first-order valence-electron chi connectivity index (χ1n) is 6.50. The van der Waals surface area contributed by atoms with E-state index in [0.717, 1.165) is 0 Å². The van der Waals surface area contributed by atoms with E-state index in [1.807, 2.05) is 0 Å². The summed E-state index contributed by atoms with van der Waals surface area (Å²) >= 11 is 1.38. The number of amides is 1. The zero-order valence-electron chi connectivity index (χ0n) is 11.4. The highest BCUT2D eigenvalue weighted by Crippen LogP contribution is 2.20. The Morgan fingerprint density at radius 3 is 3.14 bits per heavy atom. The number of thiazole rings is 1. The Morgan fingerprint density at radius 2 is 2.43 bits per heavy atom. The lowest BCUT2D eigenvalue weighted by Gasteiger charge is -2.32. The quantitative estimate of drug-likeness (QED) is 0.884. The smallest absolute Gasteiger partial charge is 0.273 e. The minimum Gasteiger partial charge on any atom is -0.367 e. The summed E-state index contributed by atoms with van der Waals surface area (Å²) in [6.07, 6.45) is -0.422. The van der Waals surface area contributed by atoms with Gasteiger partial charge in [-0.05, 0) is 6.92 Å². The molecule has 0 aromatic carbocycles. The van der Waals surface area contributed by atoms with E-state index in [2.05, 4.69) is 15.0 Å². The van der Waals surface area contributed by atoms with Crippen LogP contribution in [0.3, 0.4) is 0 Å². The third-order valence-corrected chi connectivity index (χ3v) is 3.78. The summed E-state index contributed by atoms with van der Waals surface area (Å²) in [7, 11) is 0. The SMILES string of the molecule is Cc1cc(=O)[nH]c([C@H]2CN(C(=O)c3cscn3)CCO2)n1. The lowest BCUT2D eigenvalue weighted by Crippen LogP contribution is -2.43. The van der Waals surface area contributed by atoms with E-state index in [4.69, 9.17) is 4.74 Å².